The van der Waals surface area contributed by atoms with Crippen LogP contribution in [0, 0.1) is 5.92 Å². The van der Waals surface area contributed by atoms with Crippen molar-refractivity contribution in [1.29, 1.82) is 0 Å². The van der Waals surface area contributed by atoms with E-state index in [1.54, 1.807) is 37.4 Å². The molecular weight excluding hydrogens is 701 g/mol. The Hall–Kier alpha value is -4.58. The van der Waals surface area contributed by atoms with Crippen LogP contribution < -0.4 is 15.0 Å². The van der Waals surface area contributed by atoms with Gasteiger partial charge in [-0.15, -0.1) is 0 Å². The molecule has 11 heteroatoms. The van der Waals surface area contributed by atoms with Crippen molar-refractivity contribution in [2.45, 2.75) is 77.0 Å². The minimum atomic E-state index is -1.34. The number of aromatic nitrogens is 2. The maximum atomic E-state index is 13.7. The first-order valence-corrected chi connectivity index (χ1v) is 20.4. The number of unbranched alkanes of at least 4 members (excludes halogenated alkanes) is 1. The summed E-state index contributed by atoms with van der Waals surface area (Å²) in [6, 6.07) is 21.7. The molecule has 0 saturated carbocycles. The molecule has 2 heterocycles. The average molecular weight is 755 g/mol. The molecular formula is C43H54N4O6S. The van der Waals surface area contributed by atoms with Crippen molar-refractivity contribution in [3.63, 3.8) is 0 Å². The Morgan fingerprint density at radius 1 is 0.963 bits per heavy atom. The third-order valence-electron chi connectivity index (χ3n) is 9.07. The van der Waals surface area contributed by atoms with Crippen LogP contribution in [0.1, 0.15) is 71.2 Å². The van der Waals surface area contributed by atoms with E-state index in [2.05, 4.69) is 66.3 Å². The number of nitrogens with zero attached hydrogens (tertiary/aromatic N) is 3. The van der Waals surface area contributed by atoms with Crippen molar-refractivity contribution in [2.75, 3.05) is 49.7 Å². The summed E-state index contributed by atoms with van der Waals surface area (Å²) < 4.78 is 31.7. The van der Waals surface area contributed by atoms with Crippen molar-refractivity contribution in [3.05, 3.63) is 96.1 Å². The quantitative estimate of drug-likeness (QED) is 0.0545. The van der Waals surface area contributed by atoms with Crippen molar-refractivity contribution in [1.82, 2.24) is 9.55 Å². The van der Waals surface area contributed by atoms with E-state index in [9.17, 15) is 14.1 Å². The molecule has 0 fully saturated rings. The summed E-state index contributed by atoms with van der Waals surface area (Å²) >= 11 is -1.34. The minimum absolute atomic E-state index is 0.156. The molecule has 1 aliphatic heterocycles. The monoisotopic (exact) mass is 754 g/mol. The minimum Gasteiger partial charge on any atom is -0.611 e. The van der Waals surface area contributed by atoms with Crippen LogP contribution in [-0.2, 0) is 42.5 Å². The third-order valence-corrected chi connectivity index (χ3v) is 10.4. The molecule has 1 N–H and O–H groups in total. The fraction of sp³-hybridized carbons (Fsp3) is 0.419. The molecule has 0 bridgehead atoms. The number of aryl methyl sites for hydroxylation is 1. The number of imidazole rings is 1. The van der Waals surface area contributed by atoms with Crippen molar-refractivity contribution < 1.29 is 28.4 Å². The van der Waals surface area contributed by atoms with Gasteiger partial charge in [-0.1, -0.05) is 45.4 Å². The number of hydrogen-bond donors (Lipinski definition) is 1. The summed E-state index contributed by atoms with van der Waals surface area (Å²) in [6.45, 7) is 12.8. The highest BCUT2D eigenvalue weighted by Crippen LogP contribution is 2.34. The Kier molecular flexibility index (Phi) is 15.6. The smallest absolute Gasteiger partial charge is 0.305 e. The number of benzene rings is 3. The summed E-state index contributed by atoms with van der Waals surface area (Å²) in [5, 5.41) is 3.07. The van der Waals surface area contributed by atoms with E-state index >= 15 is 0 Å². The second kappa shape index (κ2) is 20.8. The van der Waals surface area contributed by atoms with Gasteiger partial charge >= 0.3 is 5.97 Å². The third kappa shape index (κ3) is 12.0. The van der Waals surface area contributed by atoms with Crippen molar-refractivity contribution >= 4 is 40.5 Å². The van der Waals surface area contributed by atoms with E-state index in [0.717, 1.165) is 60.7 Å². The van der Waals surface area contributed by atoms with Gasteiger partial charge in [0.15, 0.2) is 16.5 Å². The SMILES string of the molecule is CCCCOCCOc1ccc(-c2ccc3c(c2)C=C(C(=O)Nc2ccc([S+]([O-])Cc4nccn4CCCC(=O)OCC)cc2)CCN3CC(C)C)cc1. The van der Waals surface area contributed by atoms with E-state index in [1.165, 1.54) is 0 Å². The van der Waals surface area contributed by atoms with Crippen LogP contribution in [0.2, 0.25) is 0 Å². The maximum Gasteiger partial charge on any atom is 0.305 e. The summed E-state index contributed by atoms with van der Waals surface area (Å²) in [7, 11) is 0. The van der Waals surface area contributed by atoms with Gasteiger partial charge in [-0.05, 0) is 115 Å². The maximum absolute atomic E-state index is 13.7. The van der Waals surface area contributed by atoms with E-state index in [0.29, 0.717) is 73.5 Å². The van der Waals surface area contributed by atoms with Crippen molar-refractivity contribution in [3.8, 4) is 16.9 Å². The van der Waals surface area contributed by atoms with Gasteiger partial charge in [0.25, 0.3) is 5.91 Å². The van der Waals surface area contributed by atoms with Crippen molar-refractivity contribution in [2.24, 2.45) is 5.92 Å². The predicted octanol–water partition coefficient (Wildman–Crippen LogP) is 8.28. The Labute approximate surface area is 323 Å². The van der Waals surface area contributed by atoms with Gasteiger partial charge in [0.1, 0.15) is 12.4 Å². The summed E-state index contributed by atoms with van der Waals surface area (Å²) in [5.74, 6) is 1.82. The van der Waals surface area contributed by atoms with Crippen LogP contribution in [0.5, 0.6) is 5.75 Å². The first kappa shape index (κ1) is 40.6. The molecule has 0 radical (unpaired) electrons. The van der Waals surface area contributed by atoms with E-state index in [4.69, 9.17) is 14.2 Å². The van der Waals surface area contributed by atoms with Gasteiger partial charge in [0.05, 0.1) is 13.2 Å². The molecule has 10 nitrogen and oxygen atoms in total. The molecule has 1 atom stereocenters. The number of anilines is 2. The second-order valence-electron chi connectivity index (χ2n) is 13.8. The molecule has 0 spiro atoms. The molecule has 1 aromatic heterocycles. The number of ether oxygens (including phenoxy) is 3. The Morgan fingerprint density at radius 2 is 1.74 bits per heavy atom. The Bertz CT molecular complexity index is 1820. The predicted molar refractivity (Wildman–Crippen MR) is 216 cm³/mol. The first-order chi connectivity index (χ1) is 26.2. The van der Waals surface area contributed by atoms with Gasteiger partial charge < -0.3 is 33.5 Å². The molecule has 1 unspecified atom stereocenters. The topological polar surface area (TPSA) is 118 Å². The molecule has 54 heavy (non-hydrogen) atoms. The molecule has 3 aromatic carbocycles. The molecule has 1 amide bonds. The largest absolute Gasteiger partial charge is 0.611 e. The van der Waals surface area contributed by atoms with Gasteiger partial charge in [-0.3, -0.25) is 9.59 Å². The number of rotatable bonds is 20. The number of fused-ring (bicyclic) bond motifs is 1. The van der Waals surface area contributed by atoms with Crippen LogP contribution in [-0.4, -0.2) is 65.5 Å². The standard InChI is InChI=1S/C43H54N4O6S/c1-5-7-25-51-26-27-53-38-15-10-33(11-16-38)34-12-19-40-36(28-34)29-35(20-23-47(40)30-32(3)4)43(49)45-37-13-17-39(18-14-37)54(50)31-41-44-21-24-46(41)22-8-9-42(48)52-6-2/h10-19,21,24,28-29,32H,5-9,20,22-23,25-27,30-31H2,1-4H3,(H,45,49). The lowest BCUT2D eigenvalue weighted by Gasteiger charge is -2.27. The summed E-state index contributed by atoms with van der Waals surface area (Å²) in [5.41, 5.74) is 5.59. The van der Waals surface area contributed by atoms with E-state index in [-0.39, 0.29) is 17.6 Å². The average Bonchev–Trinajstić information content (AvgIpc) is 3.52. The molecule has 0 saturated heterocycles. The highest BCUT2D eigenvalue weighted by Gasteiger charge is 2.22. The normalized spacial score (nSPS) is 13.2. The number of hydrogen-bond acceptors (Lipinski definition) is 8. The zero-order chi connectivity index (χ0) is 38.3. The molecule has 4 aromatic rings. The lowest BCUT2D eigenvalue weighted by Crippen LogP contribution is -2.29. The van der Waals surface area contributed by atoms with Crippen LogP contribution in [0.3, 0.4) is 0 Å². The van der Waals surface area contributed by atoms with Crippen LogP contribution in [0.15, 0.2) is 89.6 Å². The second-order valence-corrected chi connectivity index (χ2v) is 15.2. The molecule has 0 aliphatic carbocycles. The fourth-order valence-electron chi connectivity index (χ4n) is 6.31. The lowest BCUT2D eigenvalue weighted by atomic mass is 10.00. The molecule has 288 valence electrons. The fourth-order valence-corrected chi connectivity index (χ4v) is 7.39. The van der Waals surface area contributed by atoms with E-state index in [1.807, 2.05) is 29.0 Å². The number of carbonyl (C=O) groups excluding carboxylic acids is 2. The number of amides is 1. The molecule has 1 aliphatic rings. The molecule has 5 rings (SSSR count). The highest BCUT2D eigenvalue weighted by atomic mass is 32.2. The number of esters is 1. The Morgan fingerprint density at radius 3 is 2.48 bits per heavy atom. The summed E-state index contributed by atoms with van der Waals surface area (Å²) in [4.78, 5) is 32.8. The van der Waals surface area contributed by atoms with Crippen LogP contribution >= 0.6 is 0 Å². The number of carbonyl (C=O) groups is 2. The van der Waals surface area contributed by atoms with E-state index < -0.39 is 11.2 Å². The zero-order valence-corrected chi connectivity index (χ0v) is 32.9. The summed E-state index contributed by atoms with van der Waals surface area (Å²) in [6.07, 6.45) is 9.24. The first-order valence-electron chi connectivity index (χ1n) is 19.1. The number of nitrogens with one attached hydrogen (secondary N) is 1. The van der Waals surface area contributed by atoms with Crippen LogP contribution in [0.25, 0.3) is 17.2 Å². The Balaban J connectivity index is 1.23. The van der Waals surface area contributed by atoms with Gasteiger partial charge in [0, 0.05) is 62.0 Å². The highest BCUT2D eigenvalue weighted by molar-refractivity contribution is 7.90. The van der Waals surface area contributed by atoms with Crippen LogP contribution in [0.4, 0.5) is 11.4 Å². The lowest BCUT2D eigenvalue weighted by molar-refractivity contribution is -0.143. The zero-order valence-electron chi connectivity index (χ0n) is 32.1. The van der Waals surface area contributed by atoms with Gasteiger partial charge in [-0.2, -0.15) is 0 Å². The van der Waals surface area contributed by atoms with Gasteiger partial charge in [-0.25, -0.2) is 4.98 Å². The van der Waals surface area contributed by atoms with Gasteiger partial charge in [0.2, 0.25) is 0 Å².